The van der Waals surface area contributed by atoms with E-state index in [-0.39, 0.29) is 24.4 Å². The van der Waals surface area contributed by atoms with Crippen molar-refractivity contribution in [2.24, 2.45) is 11.0 Å². The summed E-state index contributed by atoms with van der Waals surface area (Å²) in [6.45, 7) is 8.72. The number of nitrogens with zero attached hydrogens (tertiary/aromatic N) is 2. The topological polar surface area (TPSA) is 117 Å². The average Bonchev–Trinajstić information content (AvgIpc) is 3.04. The summed E-state index contributed by atoms with van der Waals surface area (Å²) in [7, 11) is 1.53. The monoisotopic (exact) mass is 608 g/mol. The summed E-state index contributed by atoms with van der Waals surface area (Å²) in [5.41, 5.74) is 6.30. The second-order valence-corrected chi connectivity index (χ2v) is 10.6. The van der Waals surface area contributed by atoms with Crippen LogP contribution in [0.1, 0.15) is 57.9 Å². The molecule has 9 nitrogen and oxygen atoms in total. The van der Waals surface area contributed by atoms with Crippen LogP contribution in [0, 0.1) is 5.92 Å². The highest BCUT2D eigenvalue weighted by Crippen LogP contribution is 2.14. The van der Waals surface area contributed by atoms with E-state index in [9.17, 15) is 14.0 Å². The maximum atomic E-state index is 13.9. The van der Waals surface area contributed by atoms with Crippen LogP contribution in [0.5, 0.6) is 0 Å². The highest BCUT2D eigenvalue weighted by atomic mass is 19.1. The van der Waals surface area contributed by atoms with Gasteiger partial charge in [0.25, 0.3) is 0 Å². The Labute approximate surface area is 261 Å². The molecule has 10 heteroatoms. The van der Waals surface area contributed by atoms with E-state index in [4.69, 9.17) is 4.74 Å². The molecule has 2 amide bonds. The van der Waals surface area contributed by atoms with Crippen LogP contribution in [0.25, 0.3) is 0 Å². The van der Waals surface area contributed by atoms with Crippen molar-refractivity contribution >= 4 is 17.5 Å². The number of rotatable bonds is 18. The third kappa shape index (κ3) is 13.9. The Balaban J connectivity index is 2.16. The molecule has 1 aliphatic rings. The van der Waals surface area contributed by atoms with Gasteiger partial charge < -0.3 is 26.1 Å². The third-order valence-electron chi connectivity index (χ3n) is 7.04. The average molecular weight is 609 g/mol. The number of aromatic nitrogens is 1. The van der Waals surface area contributed by atoms with Crippen LogP contribution >= 0.6 is 0 Å². The van der Waals surface area contributed by atoms with Crippen molar-refractivity contribution in [3.63, 3.8) is 0 Å². The van der Waals surface area contributed by atoms with Gasteiger partial charge in [-0.05, 0) is 56.9 Å². The largest absolute Gasteiger partial charge is 0.497 e. The minimum Gasteiger partial charge on any atom is -0.497 e. The molecule has 0 radical (unpaired) electrons. The smallest absolute Gasteiger partial charge is 0.227 e. The van der Waals surface area contributed by atoms with Crippen molar-refractivity contribution in [3.05, 3.63) is 90.0 Å². The number of methoxy groups -OCH3 is 1. The molecule has 240 valence electrons. The van der Waals surface area contributed by atoms with E-state index in [0.29, 0.717) is 62.4 Å². The molecule has 0 aliphatic carbocycles. The van der Waals surface area contributed by atoms with Crippen molar-refractivity contribution in [2.75, 3.05) is 40.0 Å². The first-order valence-corrected chi connectivity index (χ1v) is 15.3. The van der Waals surface area contributed by atoms with Gasteiger partial charge in [-0.1, -0.05) is 43.2 Å². The number of pyridine rings is 1. The number of hydrogen-bond acceptors (Lipinski definition) is 7. The Morgan fingerprint density at radius 3 is 2.77 bits per heavy atom. The Kier molecular flexibility index (Phi) is 17.8. The molecule has 0 saturated carbocycles. The van der Waals surface area contributed by atoms with E-state index >= 15 is 0 Å². The SMILES string of the molecule is C=CCNC(=O)CCCC[C@H](CNC/C(CF)=C(/C=C\CC)OC)NC(=O)C1/C=C/C(c2ccncc2)=N\NC/C(C)=C/C1. The van der Waals surface area contributed by atoms with Gasteiger partial charge in [0, 0.05) is 55.6 Å². The normalized spacial score (nSPS) is 19.7. The molecular formula is C34H49FN6O3. The molecule has 0 aromatic carbocycles. The lowest BCUT2D eigenvalue weighted by Crippen LogP contribution is -2.44. The summed E-state index contributed by atoms with van der Waals surface area (Å²) in [4.78, 5) is 29.8. The molecule has 2 heterocycles. The van der Waals surface area contributed by atoms with Gasteiger partial charge >= 0.3 is 0 Å². The fourth-order valence-electron chi connectivity index (χ4n) is 4.49. The first kappa shape index (κ1) is 36.1. The number of ether oxygens (including phenoxy) is 1. The second kappa shape index (κ2) is 21.6. The third-order valence-corrected chi connectivity index (χ3v) is 7.04. The molecule has 44 heavy (non-hydrogen) atoms. The van der Waals surface area contributed by atoms with Gasteiger partial charge in [-0.15, -0.1) is 6.58 Å². The molecule has 1 aromatic rings. The fraction of sp³-hybridized carbons (Fsp3) is 0.471. The molecule has 1 aliphatic heterocycles. The number of halogens is 1. The van der Waals surface area contributed by atoms with E-state index in [1.165, 1.54) is 7.11 Å². The predicted molar refractivity (Wildman–Crippen MR) is 176 cm³/mol. The van der Waals surface area contributed by atoms with Crippen molar-refractivity contribution in [1.82, 2.24) is 26.4 Å². The van der Waals surface area contributed by atoms with Gasteiger partial charge in [-0.3, -0.25) is 14.6 Å². The molecule has 1 aromatic heterocycles. The number of alkyl halides is 1. The van der Waals surface area contributed by atoms with Gasteiger partial charge in [0.2, 0.25) is 11.8 Å². The van der Waals surface area contributed by atoms with Gasteiger partial charge in [0.1, 0.15) is 12.4 Å². The summed E-state index contributed by atoms with van der Waals surface area (Å²) in [6.07, 6.45) is 18.4. The summed E-state index contributed by atoms with van der Waals surface area (Å²) >= 11 is 0. The van der Waals surface area contributed by atoms with Crippen LogP contribution in [0.15, 0.2) is 89.6 Å². The quantitative estimate of drug-likeness (QED) is 0.0833. The molecule has 0 fully saturated rings. The summed E-state index contributed by atoms with van der Waals surface area (Å²) in [5, 5.41) is 13.8. The Morgan fingerprint density at radius 2 is 2.07 bits per heavy atom. The van der Waals surface area contributed by atoms with E-state index in [2.05, 4.69) is 44.1 Å². The number of hydrazone groups is 1. The van der Waals surface area contributed by atoms with Crippen LogP contribution in [-0.2, 0) is 14.3 Å². The lowest BCUT2D eigenvalue weighted by Gasteiger charge is -2.23. The van der Waals surface area contributed by atoms with Crippen LogP contribution in [-0.4, -0.2) is 68.5 Å². The summed E-state index contributed by atoms with van der Waals surface area (Å²) in [6, 6.07) is 3.53. The number of carbonyl (C=O) groups excluding carboxylic acids is 2. The Morgan fingerprint density at radius 1 is 1.27 bits per heavy atom. The minimum absolute atomic E-state index is 0.0245. The first-order chi connectivity index (χ1) is 21.4. The highest BCUT2D eigenvalue weighted by Gasteiger charge is 2.20. The number of unbranched alkanes of at least 4 members (excludes halogenated alkanes) is 1. The van der Waals surface area contributed by atoms with Crippen molar-refractivity contribution in [2.45, 2.75) is 58.4 Å². The number of allylic oxidation sites excluding steroid dienone is 4. The second-order valence-electron chi connectivity index (χ2n) is 10.6. The number of hydrogen-bond donors (Lipinski definition) is 4. The van der Waals surface area contributed by atoms with Crippen LogP contribution in [0.4, 0.5) is 4.39 Å². The fourth-order valence-corrected chi connectivity index (χ4v) is 4.49. The zero-order valence-electron chi connectivity index (χ0n) is 26.4. The molecule has 2 atom stereocenters. The molecule has 0 spiro atoms. The standard InChI is InChI=1S/C34H49FN6O3/c1-5-7-11-32(44-4)29(22-35)24-37-25-30(10-8-9-12-33(42)38-19-6-2)40-34(43)28-14-13-26(3)23-39-41-31(16-15-28)27-17-20-36-21-18-27/h6-7,11,13,15-18,20-21,28,30,37,39H,2,5,8-10,12,14,19,22-25H2,1,3-4H3,(H,38,42)(H,40,43)/b11-7-,16-15+,26-13+,32-29-,41-31+/t28?,30-/m1/s1. The lowest BCUT2D eigenvalue weighted by atomic mass is 9.98. The molecule has 0 saturated heterocycles. The molecule has 2 rings (SSSR count). The molecule has 4 N–H and O–H groups in total. The minimum atomic E-state index is -0.643. The molecular weight excluding hydrogens is 559 g/mol. The van der Waals surface area contributed by atoms with Gasteiger partial charge in [0.15, 0.2) is 0 Å². The highest BCUT2D eigenvalue weighted by molar-refractivity contribution is 6.08. The number of carbonyl (C=O) groups is 2. The van der Waals surface area contributed by atoms with E-state index in [1.807, 2.05) is 44.2 Å². The van der Waals surface area contributed by atoms with E-state index < -0.39 is 12.6 Å². The summed E-state index contributed by atoms with van der Waals surface area (Å²) in [5.74, 6) is -0.0394. The predicted octanol–water partition coefficient (Wildman–Crippen LogP) is 4.67. The van der Waals surface area contributed by atoms with Gasteiger partial charge in [-0.2, -0.15) is 5.10 Å². The lowest BCUT2D eigenvalue weighted by molar-refractivity contribution is -0.124. The van der Waals surface area contributed by atoms with Crippen LogP contribution in [0.3, 0.4) is 0 Å². The van der Waals surface area contributed by atoms with Crippen molar-refractivity contribution in [1.29, 1.82) is 0 Å². The Hall–Kier alpha value is -4.05. The number of nitrogens with one attached hydrogen (secondary N) is 4. The van der Waals surface area contributed by atoms with Crippen molar-refractivity contribution in [3.8, 4) is 0 Å². The van der Waals surface area contributed by atoms with Gasteiger partial charge in [-0.25, -0.2) is 4.39 Å². The number of amides is 2. The van der Waals surface area contributed by atoms with Gasteiger partial charge in [0.05, 0.1) is 25.3 Å². The molecule has 1 unspecified atom stereocenters. The first-order valence-electron chi connectivity index (χ1n) is 15.3. The molecule has 0 bridgehead atoms. The maximum Gasteiger partial charge on any atom is 0.227 e. The maximum absolute atomic E-state index is 13.9. The zero-order chi connectivity index (χ0) is 32.0. The van der Waals surface area contributed by atoms with Crippen LogP contribution in [0.2, 0.25) is 0 Å². The summed E-state index contributed by atoms with van der Waals surface area (Å²) < 4.78 is 19.3. The van der Waals surface area contributed by atoms with E-state index in [1.54, 1.807) is 24.5 Å². The zero-order valence-corrected chi connectivity index (χ0v) is 26.4. The van der Waals surface area contributed by atoms with E-state index in [0.717, 1.165) is 24.0 Å². The van der Waals surface area contributed by atoms with Crippen LogP contribution < -0.4 is 21.4 Å². The van der Waals surface area contributed by atoms with Crippen molar-refractivity contribution < 1.29 is 18.7 Å². The Bertz CT molecular complexity index is 1190.